The molecule has 2 aromatic carbocycles. The first-order chi connectivity index (χ1) is 20.8. The third-order valence-electron chi connectivity index (χ3n) is 7.94. The Bertz CT molecular complexity index is 1770. The van der Waals surface area contributed by atoms with Gasteiger partial charge < -0.3 is 10.1 Å². The number of carbonyl (C=O) groups excluding carboxylic acids is 1. The van der Waals surface area contributed by atoms with E-state index >= 15 is 0 Å². The van der Waals surface area contributed by atoms with Gasteiger partial charge in [0.1, 0.15) is 5.82 Å². The van der Waals surface area contributed by atoms with Crippen molar-refractivity contribution in [2.45, 2.75) is 18.9 Å². The van der Waals surface area contributed by atoms with Crippen LogP contribution >= 0.6 is 0 Å². The average Bonchev–Trinajstić information content (AvgIpc) is 3.69. The highest BCUT2D eigenvalue weighted by atomic mass is 19.2. The van der Waals surface area contributed by atoms with E-state index in [1.54, 1.807) is 11.8 Å². The van der Waals surface area contributed by atoms with E-state index < -0.39 is 17.8 Å². The SMILES string of the molecule is COCCN1C[C@@H](NC(=O)Nc2c(C)c(-c3ccc4c(cnn4C)c3)nn2-c2ccccc2)[C@H](c2cnc(F)c(F)c2)C1. The maximum Gasteiger partial charge on any atom is 0.320 e. The second kappa shape index (κ2) is 11.9. The van der Waals surface area contributed by atoms with Crippen LogP contribution in [-0.2, 0) is 11.8 Å². The van der Waals surface area contributed by atoms with E-state index in [0.717, 1.165) is 39.5 Å². The van der Waals surface area contributed by atoms with Crippen molar-refractivity contribution in [3.05, 3.63) is 89.9 Å². The number of aryl methyl sites for hydroxylation is 1. The summed E-state index contributed by atoms with van der Waals surface area (Å²) in [6.45, 7) is 4.10. The highest BCUT2D eigenvalue weighted by molar-refractivity contribution is 5.92. The van der Waals surface area contributed by atoms with Gasteiger partial charge >= 0.3 is 6.03 Å². The van der Waals surface area contributed by atoms with Crippen molar-refractivity contribution >= 4 is 22.8 Å². The van der Waals surface area contributed by atoms with Crippen LogP contribution in [-0.4, -0.2) is 74.9 Å². The number of fused-ring (bicyclic) bond motifs is 1. The third-order valence-corrected chi connectivity index (χ3v) is 7.94. The number of urea groups is 1. The lowest BCUT2D eigenvalue weighted by Gasteiger charge is -2.21. The van der Waals surface area contributed by atoms with E-state index in [1.165, 1.54) is 6.20 Å². The third kappa shape index (κ3) is 5.71. The van der Waals surface area contributed by atoms with Crippen molar-refractivity contribution in [2.24, 2.45) is 7.05 Å². The number of rotatable bonds is 8. The number of nitrogens with one attached hydrogen (secondary N) is 2. The topological polar surface area (TPSA) is 102 Å². The molecule has 5 aromatic rings. The standard InChI is InChI=1S/C31H32F2N8O2/c1-19-28(20-9-10-27-22(13-20)16-35-39(27)2)38-41(23-7-5-4-6-8-23)30(19)37-31(42)36-26-18-40(11-12-43-3)17-24(26)21-14-25(32)29(33)34-15-21/h4-10,13-16,24,26H,11-12,17-18H2,1-3H3,(H2,36,37,42)/t24-,26+/m0/s1. The van der Waals surface area contributed by atoms with E-state index in [1.807, 2.05) is 73.4 Å². The molecule has 3 aromatic heterocycles. The molecule has 0 aliphatic carbocycles. The Balaban J connectivity index is 1.30. The van der Waals surface area contributed by atoms with Crippen molar-refractivity contribution < 1.29 is 18.3 Å². The van der Waals surface area contributed by atoms with Gasteiger partial charge in [-0.25, -0.2) is 18.9 Å². The van der Waals surface area contributed by atoms with Gasteiger partial charge in [-0.2, -0.15) is 14.6 Å². The summed E-state index contributed by atoms with van der Waals surface area (Å²) in [5.41, 5.74) is 4.71. The minimum Gasteiger partial charge on any atom is -0.383 e. The molecule has 0 spiro atoms. The monoisotopic (exact) mass is 586 g/mol. The zero-order chi connectivity index (χ0) is 30.1. The highest BCUT2D eigenvalue weighted by Crippen LogP contribution is 2.33. The Morgan fingerprint density at radius 3 is 2.67 bits per heavy atom. The number of carbonyl (C=O) groups is 1. The summed E-state index contributed by atoms with van der Waals surface area (Å²) in [5.74, 6) is -1.95. The fourth-order valence-corrected chi connectivity index (χ4v) is 5.71. The number of likely N-dealkylation sites (tertiary alicyclic amines) is 1. The Hall–Kier alpha value is -4.68. The van der Waals surface area contributed by atoms with Gasteiger partial charge in [-0.1, -0.05) is 24.3 Å². The molecule has 0 saturated carbocycles. The molecule has 1 saturated heterocycles. The number of hydrogen-bond donors (Lipinski definition) is 2. The summed E-state index contributed by atoms with van der Waals surface area (Å²) in [6.07, 6.45) is 3.14. The molecule has 1 aliphatic heterocycles. The van der Waals surface area contributed by atoms with Crippen molar-refractivity contribution in [2.75, 3.05) is 38.7 Å². The number of methoxy groups -OCH3 is 1. The van der Waals surface area contributed by atoms with Crippen molar-refractivity contribution in [3.8, 4) is 16.9 Å². The molecule has 43 heavy (non-hydrogen) atoms. The zero-order valence-corrected chi connectivity index (χ0v) is 24.1. The zero-order valence-electron chi connectivity index (χ0n) is 24.1. The lowest BCUT2D eigenvalue weighted by Crippen LogP contribution is -2.42. The van der Waals surface area contributed by atoms with Crippen LogP contribution in [0.5, 0.6) is 0 Å². The summed E-state index contributed by atoms with van der Waals surface area (Å²) < 4.78 is 36.5. The van der Waals surface area contributed by atoms with Crippen molar-refractivity contribution in [1.82, 2.24) is 34.8 Å². The number of ether oxygens (including phenoxy) is 1. The van der Waals surface area contributed by atoms with Crippen LogP contribution in [0.4, 0.5) is 19.4 Å². The van der Waals surface area contributed by atoms with E-state index in [0.29, 0.717) is 37.6 Å². The van der Waals surface area contributed by atoms with Crippen molar-refractivity contribution in [3.63, 3.8) is 0 Å². The van der Waals surface area contributed by atoms with Crippen LogP contribution in [0.2, 0.25) is 0 Å². The van der Waals surface area contributed by atoms with Gasteiger partial charge in [0, 0.05) is 62.4 Å². The van der Waals surface area contributed by atoms with Gasteiger partial charge in [-0.05, 0) is 42.8 Å². The smallest absolute Gasteiger partial charge is 0.320 e. The quantitative estimate of drug-likeness (QED) is 0.257. The minimum atomic E-state index is -1.15. The molecule has 0 radical (unpaired) electrons. The highest BCUT2D eigenvalue weighted by Gasteiger charge is 2.35. The van der Waals surface area contributed by atoms with Gasteiger partial charge in [0.2, 0.25) is 5.95 Å². The Morgan fingerprint density at radius 2 is 1.91 bits per heavy atom. The largest absolute Gasteiger partial charge is 0.383 e. The predicted octanol–water partition coefficient (Wildman–Crippen LogP) is 4.64. The molecule has 0 bridgehead atoms. The maximum absolute atomic E-state index is 14.1. The number of amides is 2. The number of para-hydroxylation sites is 1. The molecule has 10 nitrogen and oxygen atoms in total. The van der Waals surface area contributed by atoms with Crippen LogP contribution in [0.1, 0.15) is 17.0 Å². The van der Waals surface area contributed by atoms with Gasteiger partial charge in [0.05, 0.1) is 35.7 Å². The van der Waals surface area contributed by atoms with Crippen molar-refractivity contribution in [1.29, 1.82) is 0 Å². The number of benzene rings is 2. The Labute approximate surface area is 247 Å². The molecular weight excluding hydrogens is 554 g/mol. The molecule has 222 valence electrons. The Kier molecular flexibility index (Phi) is 7.87. The van der Waals surface area contributed by atoms with Gasteiger partial charge in [0.15, 0.2) is 5.82 Å². The minimum absolute atomic E-state index is 0.299. The van der Waals surface area contributed by atoms with E-state index in [2.05, 4.69) is 25.6 Å². The van der Waals surface area contributed by atoms with Gasteiger partial charge in [-0.15, -0.1) is 0 Å². The first-order valence-corrected chi connectivity index (χ1v) is 14.0. The second-order valence-electron chi connectivity index (χ2n) is 10.7. The van der Waals surface area contributed by atoms with Crippen LogP contribution < -0.4 is 10.6 Å². The van der Waals surface area contributed by atoms with E-state index in [4.69, 9.17) is 9.84 Å². The average molecular weight is 587 g/mol. The molecule has 12 heteroatoms. The normalized spacial score (nSPS) is 17.0. The summed E-state index contributed by atoms with van der Waals surface area (Å²) in [6, 6.07) is 15.9. The van der Waals surface area contributed by atoms with Crippen LogP contribution in [0.25, 0.3) is 27.8 Å². The van der Waals surface area contributed by atoms with Crippen LogP contribution in [0.3, 0.4) is 0 Å². The fourth-order valence-electron chi connectivity index (χ4n) is 5.71. The number of aromatic nitrogens is 5. The lowest BCUT2D eigenvalue weighted by molar-refractivity contribution is 0.159. The Morgan fingerprint density at radius 1 is 1.09 bits per heavy atom. The molecule has 0 unspecified atom stereocenters. The van der Waals surface area contributed by atoms with Gasteiger partial charge in [0.25, 0.3) is 0 Å². The maximum atomic E-state index is 14.1. The summed E-state index contributed by atoms with van der Waals surface area (Å²) in [4.78, 5) is 19.3. The number of halogens is 2. The molecule has 6 rings (SSSR count). The fraction of sp³-hybridized carbons (Fsp3) is 0.290. The van der Waals surface area contributed by atoms with E-state index in [-0.39, 0.29) is 12.0 Å². The first-order valence-electron chi connectivity index (χ1n) is 14.0. The molecular formula is C31H32F2N8O2. The number of anilines is 1. The number of pyridine rings is 1. The summed E-state index contributed by atoms with van der Waals surface area (Å²) in [5, 5.41) is 16.3. The summed E-state index contributed by atoms with van der Waals surface area (Å²) >= 11 is 0. The molecule has 2 atom stereocenters. The second-order valence-corrected chi connectivity index (χ2v) is 10.7. The van der Waals surface area contributed by atoms with Gasteiger partial charge in [-0.3, -0.25) is 14.9 Å². The van der Waals surface area contributed by atoms with Crippen LogP contribution in [0.15, 0.2) is 67.0 Å². The van der Waals surface area contributed by atoms with Crippen LogP contribution in [0, 0.1) is 18.7 Å². The molecule has 4 heterocycles. The summed E-state index contributed by atoms with van der Waals surface area (Å²) in [7, 11) is 3.52. The van der Waals surface area contributed by atoms with E-state index in [9.17, 15) is 13.6 Å². The molecule has 2 N–H and O–H groups in total. The number of nitrogens with zero attached hydrogens (tertiary/aromatic N) is 6. The first kappa shape index (κ1) is 28.4. The molecule has 1 fully saturated rings. The number of hydrogen-bond acceptors (Lipinski definition) is 6. The molecule has 1 aliphatic rings. The lowest BCUT2D eigenvalue weighted by atomic mass is 9.96. The molecule has 2 amide bonds. The predicted molar refractivity (Wildman–Crippen MR) is 159 cm³/mol.